The summed E-state index contributed by atoms with van der Waals surface area (Å²) in [4.78, 5) is 14.2. The highest BCUT2D eigenvalue weighted by Crippen LogP contribution is 2.16. The van der Waals surface area contributed by atoms with Crippen molar-refractivity contribution in [1.82, 2.24) is 4.90 Å². The Labute approximate surface area is 120 Å². The molecule has 4 heteroatoms. The predicted octanol–water partition coefficient (Wildman–Crippen LogP) is 2.00. The van der Waals surface area contributed by atoms with Gasteiger partial charge in [-0.15, -0.1) is 0 Å². The van der Waals surface area contributed by atoms with E-state index in [-0.39, 0.29) is 18.6 Å². The number of hydrogen-bond donors (Lipinski definition) is 1. The molecule has 0 saturated carbocycles. The van der Waals surface area contributed by atoms with Crippen molar-refractivity contribution in [2.45, 2.75) is 32.3 Å². The van der Waals surface area contributed by atoms with Gasteiger partial charge in [-0.3, -0.25) is 4.79 Å². The highest BCUT2D eigenvalue weighted by atomic mass is 16.5. The SMILES string of the molecule is Cc1ccc(C(=O)N2CCC(OCCCO)CC2)cc1. The molecule has 1 amide bonds. The summed E-state index contributed by atoms with van der Waals surface area (Å²) in [6.07, 6.45) is 2.66. The molecule has 1 saturated heterocycles. The summed E-state index contributed by atoms with van der Waals surface area (Å²) in [5.41, 5.74) is 1.92. The lowest BCUT2D eigenvalue weighted by Crippen LogP contribution is -2.41. The molecule has 1 aliphatic rings. The van der Waals surface area contributed by atoms with E-state index in [9.17, 15) is 4.79 Å². The predicted molar refractivity (Wildman–Crippen MR) is 77.8 cm³/mol. The van der Waals surface area contributed by atoms with Gasteiger partial charge in [-0.2, -0.15) is 0 Å². The number of nitrogens with zero attached hydrogens (tertiary/aromatic N) is 1. The third-order valence-electron chi connectivity index (χ3n) is 3.68. The first-order valence-electron chi connectivity index (χ1n) is 7.29. The fourth-order valence-corrected chi connectivity index (χ4v) is 2.42. The van der Waals surface area contributed by atoms with Crippen LogP contribution in [0, 0.1) is 6.92 Å². The maximum absolute atomic E-state index is 12.3. The zero-order chi connectivity index (χ0) is 14.4. The van der Waals surface area contributed by atoms with Gasteiger partial charge in [0.15, 0.2) is 0 Å². The Morgan fingerprint density at radius 2 is 1.95 bits per heavy atom. The number of amides is 1. The summed E-state index contributed by atoms with van der Waals surface area (Å²) in [6, 6.07) is 7.72. The summed E-state index contributed by atoms with van der Waals surface area (Å²) in [6.45, 7) is 4.29. The number of hydrogen-bond acceptors (Lipinski definition) is 3. The average Bonchev–Trinajstić information content (AvgIpc) is 2.48. The number of benzene rings is 1. The number of carbonyl (C=O) groups excluding carboxylic acids is 1. The lowest BCUT2D eigenvalue weighted by atomic mass is 10.1. The Morgan fingerprint density at radius 1 is 1.30 bits per heavy atom. The molecule has 1 N–H and O–H groups in total. The topological polar surface area (TPSA) is 49.8 Å². The van der Waals surface area contributed by atoms with Gasteiger partial charge >= 0.3 is 0 Å². The average molecular weight is 277 g/mol. The first kappa shape index (κ1) is 15.0. The number of aryl methyl sites for hydroxylation is 1. The van der Waals surface area contributed by atoms with E-state index in [2.05, 4.69) is 0 Å². The zero-order valence-electron chi connectivity index (χ0n) is 12.0. The van der Waals surface area contributed by atoms with Gasteiger partial charge < -0.3 is 14.7 Å². The van der Waals surface area contributed by atoms with Crippen LogP contribution in [0.4, 0.5) is 0 Å². The van der Waals surface area contributed by atoms with Crippen LogP contribution in [0.3, 0.4) is 0 Å². The van der Waals surface area contributed by atoms with E-state index >= 15 is 0 Å². The largest absolute Gasteiger partial charge is 0.396 e. The van der Waals surface area contributed by atoms with Gasteiger partial charge in [0.2, 0.25) is 0 Å². The highest BCUT2D eigenvalue weighted by molar-refractivity contribution is 5.94. The maximum Gasteiger partial charge on any atom is 0.253 e. The Morgan fingerprint density at radius 3 is 2.55 bits per heavy atom. The van der Waals surface area contributed by atoms with Crippen molar-refractivity contribution in [2.75, 3.05) is 26.3 Å². The number of aliphatic hydroxyl groups is 1. The molecule has 2 rings (SSSR count). The molecule has 0 radical (unpaired) electrons. The van der Waals surface area contributed by atoms with E-state index in [0.29, 0.717) is 13.0 Å². The van der Waals surface area contributed by atoms with Crippen molar-refractivity contribution in [2.24, 2.45) is 0 Å². The molecule has 1 fully saturated rings. The molecule has 1 aromatic rings. The number of carbonyl (C=O) groups is 1. The number of aliphatic hydroxyl groups excluding tert-OH is 1. The molecular weight excluding hydrogens is 254 g/mol. The summed E-state index contributed by atoms with van der Waals surface area (Å²) in [5, 5.41) is 8.72. The summed E-state index contributed by atoms with van der Waals surface area (Å²) < 4.78 is 5.67. The van der Waals surface area contributed by atoms with Gasteiger partial charge in [-0.25, -0.2) is 0 Å². The van der Waals surface area contributed by atoms with Gasteiger partial charge in [0, 0.05) is 31.9 Å². The maximum atomic E-state index is 12.3. The molecule has 0 unspecified atom stereocenters. The Kier molecular flexibility index (Phi) is 5.56. The van der Waals surface area contributed by atoms with Crippen LogP contribution in [0.5, 0.6) is 0 Å². The van der Waals surface area contributed by atoms with Gasteiger partial charge in [0.1, 0.15) is 0 Å². The van der Waals surface area contributed by atoms with Crippen LogP contribution >= 0.6 is 0 Å². The monoisotopic (exact) mass is 277 g/mol. The van der Waals surface area contributed by atoms with Crippen molar-refractivity contribution in [3.05, 3.63) is 35.4 Å². The minimum absolute atomic E-state index is 0.110. The van der Waals surface area contributed by atoms with Crippen molar-refractivity contribution in [3.63, 3.8) is 0 Å². The molecule has 1 aromatic carbocycles. The van der Waals surface area contributed by atoms with Gasteiger partial charge in [-0.05, 0) is 38.3 Å². The fourth-order valence-electron chi connectivity index (χ4n) is 2.42. The third-order valence-corrected chi connectivity index (χ3v) is 3.68. The van der Waals surface area contributed by atoms with Crippen molar-refractivity contribution < 1.29 is 14.6 Å². The zero-order valence-corrected chi connectivity index (χ0v) is 12.0. The molecule has 110 valence electrons. The van der Waals surface area contributed by atoms with Crippen molar-refractivity contribution in [3.8, 4) is 0 Å². The minimum Gasteiger partial charge on any atom is -0.396 e. The highest BCUT2D eigenvalue weighted by Gasteiger charge is 2.23. The summed E-state index contributed by atoms with van der Waals surface area (Å²) >= 11 is 0. The Hall–Kier alpha value is -1.39. The van der Waals surface area contributed by atoms with Crippen molar-refractivity contribution >= 4 is 5.91 Å². The number of ether oxygens (including phenoxy) is 1. The van der Waals surface area contributed by atoms with Gasteiger partial charge in [0.05, 0.1) is 6.10 Å². The molecule has 0 bridgehead atoms. The summed E-state index contributed by atoms with van der Waals surface area (Å²) in [5.74, 6) is 0.110. The summed E-state index contributed by atoms with van der Waals surface area (Å²) in [7, 11) is 0. The number of rotatable bonds is 5. The molecular formula is C16H23NO3. The van der Waals surface area contributed by atoms with Crippen LogP contribution in [0.1, 0.15) is 35.2 Å². The molecule has 0 aromatic heterocycles. The van der Waals surface area contributed by atoms with Gasteiger partial charge in [-0.1, -0.05) is 17.7 Å². The van der Waals surface area contributed by atoms with E-state index in [1.165, 1.54) is 0 Å². The molecule has 0 spiro atoms. The smallest absolute Gasteiger partial charge is 0.253 e. The van der Waals surface area contributed by atoms with Crippen molar-refractivity contribution in [1.29, 1.82) is 0 Å². The standard InChI is InChI=1S/C16H23NO3/c1-13-3-5-14(6-4-13)16(19)17-9-7-15(8-10-17)20-12-2-11-18/h3-6,15,18H,2,7-12H2,1H3. The normalized spacial score (nSPS) is 16.4. The van der Waals surface area contributed by atoms with Crippen LogP contribution in [-0.2, 0) is 4.74 Å². The lowest BCUT2D eigenvalue weighted by molar-refractivity contribution is 0.00398. The second kappa shape index (κ2) is 7.41. The van der Waals surface area contributed by atoms with E-state index in [0.717, 1.165) is 37.1 Å². The van der Waals surface area contributed by atoms with Crippen LogP contribution in [0.25, 0.3) is 0 Å². The first-order valence-corrected chi connectivity index (χ1v) is 7.29. The molecule has 4 nitrogen and oxygen atoms in total. The number of piperidine rings is 1. The van der Waals surface area contributed by atoms with Gasteiger partial charge in [0.25, 0.3) is 5.91 Å². The lowest BCUT2D eigenvalue weighted by Gasteiger charge is -2.32. The van der Waals surface area contributed by atoms with E-state index in [1.54, 1.807) is 0 Å². The van der Waals surface area contributed by atoms with E-state index < -0.39 is 0 Å². The quantitative estimate of drug-likeness (QED) is 0.837. The first-order chi connectivity index (χ1) is 9.70. The molecule has 1 aliphatic heterocycles. The van der Waals surface area contributed by atoms with Crippen LogP contribution in [-0.4, -0.2) is 48.3 Å². The Balaban J connectivity index is 1.81. The second-order valence-corrected chi connectivity index (χ2v) is 5.31. The third kappa shape index (κ3) is 4.05. The molecule has 20 heavy (non-hydrogen) atoms. The molecule has 0 aliphatic carbocycles. The van der Waals surface area contributed by atoms with E-state index in [1.807, 2.05) is 36.1 Å². The van der Waals surface area contributed by atoms with Crippen LogP contribution in [0.15, 0.2) is 24.3 Å². The minimum atomic E-state index is 0.110. The van der Waals surface area contributed by atoms with Crippen LogP contribution < -0.4 is 0 Å². The molecule has 1 heterocycles. The number of likely N-dealkylation sites (tertiary alicyclic amines) is 1. The Bertz CT molecular complexity index is 422. The molecule has 0 atom stereocenters. The van der Waals surface area contributed by atoms with E-state index in [4.69, 9.17) is 9.84 Å². The second-order valence-electron chi connectivity index (χ2n) is 5.31. The van der Waals surface area contributed by atoms with Crippen LogP contribution in [0.2, 0.25) is 0 Å². The fraction of sp³-hybridized carbons (Fsp3) is 0.562.